The molecular formula is C17H17NO5. The van der Waals surface area contributed by atoms with Gasteiger partial charge in [0.05, 0.1) is 0 Å². The lowest BCUT2D eigenvalue weighted by Gasteiger charge is -2.12. The SMILES string of the molecule is Cc1cccc(C)c1NC(=O)COC(=O)c1ccc(O)cc1O. The Kier molecular flexibility index (Phi) is 4.85. The lowest BCUT2D eigenvalue weighted by Crippen LogP contribution is -2.21. The van der Waals surface area contributed by atoms with Crippen molar-refractivity contribution in [1.29, 1.82) is 0 Å². The van der Waals surface area contributed by atoms with E-state index in [1.165, 1.54) is 12.1 Å². The zero-order valence-corrected chi connectivity index (χ0v) is 12.8. The highest BCUT2D eigenvalue weighted by Gasteiger charge is 2.15. The molecule has 0 unspecified atom stereocenters. The highest BCUT2D eigenvalue weighted by Crippen LogP contribution is 2.23. The van der Waals surface area contributed by atoms with Crippen molar-refractivity contribution in [1.82, 2.24) is 0 Å². The number of hydrogen-bond donors (Lipinski definition) is 3. The Morgan fingerprint density at radius 3 is 2.35 bits per heavy atom. The Labute approximate surface area is 133 Å². The predicted molar refractivity (Wildman–Crippen MR) is 84.6 cm³/mol. The lowest BCUT2D eigenvalue weighted by atomic mass is 10.1. The first-order chi connectivity index (χ1) is 10.9. The van der Waals surface area contributed by atoms with Gasteiger partial charge in [-0.2, -0.15) is 0 Å². The van der Waals surface area contributed by atoms with Crippen LogP contribution in [-0.2, 0) is 9.53 Å². The van der Waals surface area contributed by atoms with Crippen molar-refractivity contribution < 1.29 is 24.5 Å². The molecule has 6 nitrogen and oxygen atoms in total. The predicted octanol–water partition coefficient (Wildman–Crippen LogP) is 2.51. The minimum atomic E-state index is -0.848. The highest BCUT2D eigenvalue weighted by molar-refractivity contribution is 5.97. The molecule has 0 saturated carbocycles. The maximum absolute atomic E-state index is 11.9. The van der Waals surface area contributed by atoms with Gasteiger partial charge < -0.3 is 20.3 Å². The van der Waals surface area contributed by atoms with Crippen molar-refractivity contribution in [2.75, 3.05) is 11.9 Å². The number of nitrogens with one attached hydrogen (secondary N) is 1. The summed E-state index contributed by atoms with van der Waals surface area (Å²) in [7, 11) is 0. The second-order valence-corrected chi connectivity index (χ2v) is 5.09. The second kappa shape index (κ2) is 6.83. The van der Waals surface area contributed by atoms with E-state index in [0.29, 0.717) is 5.69 Å². The summed E-state index contributed by atoms with van der Waals surface area (Å²) in [5.41, 5.74) is 2.37. The number of amides is 1. The minimum absolute atomic E-state index is 0.123. The summed E-state index contributed by atoms with van der Waals surface area (Å²) in [6.45, 7) is 3.25. The Balaban J connectivity index is 1.98. The standard InChI is InChI=1S/C17H17NO5/c1-10-4-3-5-11(2)16(10)18-15(21)9-23-17(22)13-7-6-12(19)8-14(13)20/h3-8,19-20H,9H2,1-2H3,(H,18,21). The molecular weight excluding hydrogens is 298 g/mol. The second-order valence-electron chi connectivity index (χ2n) is 5.09. The number of rotatable bonds is 4. The molecule has 3 N–H and O–H groups in total. The molecule has 0 fully saturated rings. The van der Waals surface area contributed by atoms with Crippen molar-refractivity contribution in [3.8, 4) is 11.5 Å². The van der Waals surface area contributed by atoms with Gasteiger partial charge in [0.1, 0.15) is 17.1 Å². The third-order valence-corrected chi connectivity index (χ3v) is 3.28. The van der Waals surface area contributed by atoms with E-state index in [1.807, 2.05) is 32.0 Å². The van der Waals surface area contributed by atoms with Gasteiger partial charge in [-0.3, -0.25) is 4.79 Å². The minimum Gasteiger partial charge on any atom is -0.508 e. The van der Waals surface area contributed by atoms with Crippen LogP contribution in [0.15, 0.2) is 36.4 Å². The third-order valence-electron chi connectivity index (χ3n) is 3.28. The van der Waals surface area contributed by atoms with Gasteiger partial charge in [-0.15, -0.1) is 0 Å². The topological polar surface area (TPSA) is 95.9 Å². The van der Waals surface area contributed by atoms with Gasteiger partial charge in [-0.1, -0.05) is 18.2 Å². The van der Waals surface area contributed by atoms with Crippen LogP contribution in [-0.4, -0.2) is 28.7 Å². The number of benzene rings is 2. The summed E-state index contributed by atoms with van der Waals surface area (Å²) in [4.78, 5) is 23.7. The van der Waals surface area contributed by atoms with Gasteiger partial charge in [-0.05, 0) is 37.1 Å². The van der Waals surface area contributed by atoms with Crippen molar-refractivity contribution in [2.24, 2.45) is 0 Å². The van der Waals surface area contributed by atoms with Crippen molar-refractivity contribution >= 4 is 17.6 Å². The monoisotopic (exact) mass is 315 g/mol. The van der Waals surface area contributed by atoms with Crippen LogP contribution >= 0.6 is 0 Å². The molecule has 6 heteroatoms. The lowest BCUT2D eigenvalue weighted by molar-refractivity contribution is -0.119. The maximum atomic E-state index is 11.9. The first-order valence-electron chi connectivity index (χ1n) is 6.93. The van der Waals surface area contributed by atoms with E-state index in [-0.39, 0.29) is 11.3 Å². The molecule has 0 aliphatic carbocycles. The molecule has 0 bridgehead atoms. The molecule has 120 valence electrons. The molecule has 0 heterocycles. The summed E-state index contributed by atoms with van der Waals surface area (Å²) in [6, 6.07) is 9.09. The first kappa shape index (κ1) is 16.4. The molecule has 0 spiro atoms. The number of phenolic OH excluding ortho intramolecular Hbond substituents is 2. The van der Waals surface area contributed by atoms with E-state index in [0.717, 1.165) is 17.2 Å². The Morgan fingerprint density at radius 2 is 1.74 bits per heavy atom. The number of carbonyl (C=O) groups excluding carboxylic acids is 2. The molecule has 0 aliphatic rings. The number of ether oxygens (including phenoxy) is 1. The summed E-state index contributed by atoms with van der Waals surface area (Å²) in [6.07, 6.45) is 0. The van der Waals surface area contributed by atoms with Gasteiger partial charge in [0.2, 0.25) is 0 Å². The van der Waals surface area contributed by atoms with Gasteiger partial charge >= 0.3 is 5.97 Å². The van der Waals surface area contributed by atoms with Crippen molar-refractivity contribution in [3.63, 3.8) is 0 Å². The summed E-state index contributed by atoms with van der Waals surface area (Å²) >= 11 is 0. The number of phenols is 2. The van der Waals surface area contributed by atoms with E-state index >= 15 is 0 Å². The van der Waals surface area contributed by atoms with Gasteiger partial charge in [0, 0.05) is 11.8 Å². The van der Waals surface area contributed by atoms with Crippen molar-refractivity contribution in [2.45, 2.75) is 13.8 Å². The number of aryl methyl sites for hydroxylation is 2. The highest BCUT2D eigenvalue weighted by atomic mass is 16.5. The maximum Gasteiger partial charge on any atom is 0.342 e. The zero-order chi connectivity index (χ0) is 17.0. The van der Waals surface area contributed by atoms with Crippen LogP contribution in [0.3, 0.4) is 0 Å². The number of esters is 1. The number of carbonyl (C=O) groups is 2. The number of aromatic hydroxyl groups is 2. The van der Waals surface area contributed by atoms with E-state index in [1.54, 1.807) is 0 Å². The molecule has 0 aliphatic heterocycles. The molecule has 23 heavy (non-hydrogen) atoms. The van der Waals surface area contributed by atoms with E-state index in [9.17, 15) is 19.8 Å². The molecule has 0 atom stereocenters. The van der Waals surface area contributed by atoms with Crippen LogP contribution in [0.5, 0.6) is 11.5 Å². The van der Waals surface area contributed by atoms with E-state index < -0.39 is 24.2 Å². The van der Waals surface area contributed by atoms with Crippen LogP contribution in [0.2, 0.25) is 0 Å². The molecule has 0 saturated heterocycles. The average molecular weight is 315 g/mol. The van der Waals surface area contributed by atoms with Crippen LogP contribution < -0.4 is 5.32 Å². The van der Waals surface area contributed by atoms with Gasteiger partial charge in [-0.25, -0.2) is 4.79 Å². The molecule has 0 aromatic heterocycles. The van der Waals surface area contributed by atoms with Crippen LogP contribution in [0.1, 0.15) is 21.5 Å². The Hall–Kier alpha value is -3.02. The van der Waals surface area contributed by atoms with Gasteiger partial charge in [0.25, 0.3) is 5.91 Å². The largest absolute Gasteiger partial charge is 0.508 e. The molecule has 0 radical (unpaired) electrons. The summed E-state index contributed by atoms with van der Waals surface area (Å²) in [5, 5.41) is 21.4. The zero-order valence-electron chi connectivity index (χ0n) is 12.8. The van der Waals surface area contributed by atoms with E-state index in [2.05, 4.69) is 5.32 Å². The Bertz CT molecular complexity index is 734. The quantitative estimate of drug-likeness (QED) is 0.753. The molecule has 2 aromatic carbocycles. The fourth-order valence-electron chi connectivity index (χ4n) is 2.09. The molecule has 1 amide bonds. The number of para-hydroxylation sites is 1. The van der Waals surface area contributed by atoms with Gasteiger partial charge in [0.15, 0.2) is 6.61 Å². The normalized spacial score (nSPS) is 10.2. The number of hydrogen-bond acceptors (Lipinski definition) is 5. The van der Waals surface area contributed by atoms with Crippen LogP contribution in [0.4, 0.5) is 5.69 Å². The van der Waals surface area contributed by atoms with Crippen LogP contribution in [0, 0.1) is 13.8 Å². The Morgan fingerprint density at radius 1 is 1.09 bits per heavy atom. The fraction of sp³-hybridized carbons (Fsp3) is 0.176. The molecule has 2 rings (SSSR count). The van der Waals surface area contributed by atoms with Crippen molar-refractivity contribution in [3.05, 3.63) is 53.1 Å². The van der Waals surface area contributed by atoms with Crippen LogP contribution in [0.25, 0.3) is 0 Å². The molecule has 2 aromatic rings. The summed E-state index contributed by atoms with van der Waals surface area (Å²) in [5.74, 6) is -1.91. The smallest absolute Gasteiger partial charge is 0.342 e. The third kappa shape index (κ3) is 4.00. The van der Waals surface area contributed by atoms with E-state index in [4.69, 9.17) is 4.74 Å². The number of anilines is 1. The fourth-order valence-corrected chi connectivity index (χ4v) is 2.09. The average Bonchev–Trinajstić information content (AvgIpc) is 2.49. The summed E-state index contributed by atoms with van der Waals surface area (Å²) < 4.78 is 4.87. The first-order valence-corrected chi connectivity index (χ1v) is 6.93.